The molecule has 2 aromatic rings. The first kappa shape index (κ1) is 19.0. The molecule has 3 heterocycles. The fourth-order valence-electron chi connectivity index (χ4n) is 3.44. The van der Waals surface area contributed by atoms with Crippen molar-refractivity contribution < 1.29 is 14.4 Å². The quantitative estimate of drug-likeness (QED) is 0.762. The first-order valence-electron chi connectivity index (χ1n) is 9.28. The minimum Gasteiger partial charge on any atom is -0.350 e. The molecule has 1 saturated heterocycles. The number of anilines is 1. The van der Waals surface area contributed by atoms with Gasteiger partial charge in [-0.25, -0.2) is 0 Å². The number of rotatable bonds is 5. The molecule has 0 saturated carbocycles. The number of benzene rings is 1. The molecule has 0 bridgehead atoms. The molecule has 1 atom stereocenters. The van der Waals surface area contributed by atoms with Gasteiger partial charge in [0.2, 0.25) is 11.8 Å². The van der Waals surface area contributed by atoms with Crippen LogP contribution in [0.15, 0.2) is 46.7 Å². The highest BCUT2D eigenvalue weighted by molar-refractivity contribution is 8.01. The SMILES string of the molecule is O=C(CN1C(=O)[C@@H](C(=O)N2CCCC2)Sc2ccccc21)NCc1cccs1. The first-order valence-corrected chi connectivity index (χ1v) is 11.0. The van der Waals surface area contributed by atoms with Crippen LogP contribution in [-0.4, -0.2) is 47.5 Å². The number of fused-ring (bicyclic) bond motifs is 1. The van der Waals surface area contributed by atoms with Crippen LogP contribution in [0.2, 0.25) is 0 Å². The van der Waals surface area contributed by atoms with E-state index in [0.29, 0.717) is 25.3 Å². The molecule has 1 aromatic heterocycles. The van der Waals surface area contributed by atoms with Crippen LogP contribution in [-0.2, 0) is 20.9 Å². The number of carbonyl (C=O) groups excluding carboxylic acids is 3. The summed E-state index contributed by atoms with van der Waals surface area (Å²) in [4.78, 5) is 43.6. The van der Waals surface area contributed by atoms with E-state index in [9.17, 15) is 14.4 Å². The van der Waals surface area contributed by atoms with Crippen LogP contribution in [0.3, 0.4) is 0 Å². The molecule has 4 rings (SSSR count). The number of para-hydroxylation sites is 1. The molecule has 1 fully saturated rings. The maximum absolute atomic E-state index is 13.1. The van der Waals surface area contributed by atoms with Crippen molar-refractivity contribution in [3.63, 3.8) is 0 Å². The number of thioether (sulfide) groups is 1. The Morgan fingerprint density at radius 3 is 2.64 bits per heavy atom. The zero-order valence-corrected chi connectivity index (χ0v) is 16.9. The summed E-state index contributed by atoms with van der Waals surface area (Å²) in [5, 5.41) is 3.99. The van der Waals surface area contributed by atoms with Crippen LogP contribution in [0.4, 0.5) is 5.69 Å². The lowest BCUT2D eigenvalue weighted by atomic mass is 10.2. The standard InChI is InChI=1S/C20H21N3O3S2/c24-17(21-12-14-6-5-11-27-14)13-23-15-7-1-2-8-16(15)28-18(20(23)26)19(25)22-9-3-4-10-22/h1-2,5-8,11,18H,3-4,9-10,12-13H2,(H,21,24)/t18-/m1/s1. The van der Waals surface area contributed by atoms with Gasteiger partial charge in [-0.05, 0) is 36.4 Å². The number of nitrogens with zero attached hydrogens (tertiary/aromatic N) is 2. The van der Waals surface area contributed by atoms with Gasteiger partial charge in [0.25, 0.3) is 5.91 Å². The number of likely N-dealkylation sites (tertiary alicyclic amines) is 1. The maximum Gasteiger partial charge on any atom is 0.250 e. The van der Waals surface area contributed by atoms with Crippen LogP contribution in [0, 0.1) is 0 Å². The van der Waals surface area contributed by atoms with Crippen LogP contribution >= 0.6 is 23.1 Å². The van der Waals surface area contributed by atoms with Gasteiger partial charge < -0.3 is 15.1 Å². The predicted molar refractivity (Wildman–Crippen MR) is 110 cm³/mol. The van der Waals surface area contributed by atoms with E-state index in [1.807, 2.05) is 41.8 Å². The van der Waals surface area contributed by atoms with Gasteiger partial charge in [0.05, 0.1) is 12.2 Å². The average Bonchev–Trinajstić information content (AvgIpc) is 3.42. The molecule has 3 amide bonds. The van der Waals surface area contributed by atoms with E-state index in [1.165, 1.54) is 16.7 Å². The van der Waals surface area contributed by atoms with Crippen molar-refractivity contribution in [2.75, 3.05) is 24.5 Å². The van der Waals surface area contributed by atoms with E-state index in [0.717, 1.165) is 22.6 Å². The second kappa shape index (κ2) is 8.36. The van der Waals surface area contributed by atoms with Crippen LogP contribution < -0.4 is 10.2 Å². The molecule has 28 heavy (non-hydrogen) atoms. The van der Waals surface area contributed by atoms with Gasteiger partial charge in [0, 0.05) is 22.9 Å². The Hall–Kier alpha value is -2.32. The van der Waals surface area contributed by atoms with Crippen molar-refractivity contribution in [2.24, 2.45) is 0 Å². The molecule has 0 radical (unpaired) electrons. The number of nitrogens with one attached hydrogen (secondary N) is 1. The number of hydrogen-bond acceptors (Lipinski definition) is 5. The van der Waals surface area contributed by atoms with E-state index in [2.05, 4.69) is 5.32 Å². The molecule has 8 heteroatoms. The summed E-state index contributed by atoms with van der Waals surface area (Å²) >= 11 is 2.86. The molecule has 146 valence electrons. The Morgan fingerprint density at radius 2 is 1.89 bits per heavy atom. The van der Waals surface area contributed by atoms with Gasteiger partial charge in [-0.3, -0.25) is 14.4 Å². The Balaban J connectivity index is 1.51. The Morgan fingerprint density at radius 1 is 1.11 bits per heavy atom. The maximum atomic E-state index is 13.1. The third kappa shape index (κ3) is 3.93. The molecule has 2 aliphatic heterocycles. The molecule has 0 unspecified atom stereocenters. The normalized spacial score (nSPS) is 18.9. The van der Waals surface area contributed by atoms with E-state index in [4.69, 9.17) is 0 Å². The second-order valence-corrected chi connectivity index (χ2v) is 8.96. The lowest BCUT2D eigenvalue weighted by Gasteiger charge is -2.34. The monoisotopic (exact) mass is 415 g/mol. The van der Waals surface area contributed by atoms with Crippen molar-refractivity contribution in [2.45, 2.75) is 29.5 Å². The van der Waals surface area contributed by atoms with Gasteiger partial charge >= 0.3 is 0 Å². The minimum atomic E-state index is -0.821. The summed E-state index contributed by atoms with van der Waals surface area (Å²) < 4.78 is 0. The van der Waals surface area contributed by atoms with E-state index in [-0.39, 0.29) is 24.3 Å². The van der Waals surface area contributed by atoms with Crippen molar-refractivity contribution in [3.8, 4) is 0 Å². The highest BCUT2D eigenvalue weighted by atomic mass is 32.2. The number of hydrogen-bond donors (Lipinski definition) is 1. The number of amides is 3. The van der Waals surface area contributed by atoms with E-state index >= 15 is 0 Å². The lowest BCUT2D eigenvalue weighted by molar-refractivity contribution is -0.134. The topological polar surface area (TPSA) is 69.7 Å². The van der Waals surface area contributed by atoms with Crippen molar-refractivity contribution in [1.82, 2.24) is 10.2 Å². The number of carbonyl (C=O) groups is 3. The van der Waals surface area contributed by atoms with Crippen LogP contribution in [0.1, 0.15) is 17.7 Å². The van der Waals surface area contributed by atoms with Crippen LogP contribution in [0.5, 0.6) is 0 Å². The zero-order chi connectivity index (χ0) is 19.5. The van der Waals surface area contributed by atoms with E-state index in [1.54, 1.807) is 16.2 Å². The Bertz CT molecular complexity index is 879. The van der Waals surface area contributed by atoms with Gasteiger partial charge in [0.1, 0.15) is 6.54 Å². The Labute approximate surface area is 171 Å². The summed E-state index contributed by atoms with van der Waals surface area (Å²) in [6.07, 6.45) is 1.95. The van der Waals surface area contributed by atoms with Crippen molar-refractivity contribution in [3.05, 3.63) is 46.7 Å². The van der Waals surface area contributed by atoms with Crippen molar-refractivity contribution >= 4 is 46.5 Å². The molecular weight excluding hydrogens is 394 g/mol. The average molecular weight is 416 g/mol. The molecule has 1 N–H and O–H groups in total. The van der Waals surface area contributed by atoms with Gasteiger partial charge in [-0.1, -0.05) is 18.2 Å². The first-order chi connectivity index (χ1) is 13.6. The van der Waals surface area contributed by atoms with Gasteiger partial charge in [0.15, 0.2) is 5.25 Å². The summed E-state index contributed by atoms with van der Waals surface area (Å²) in [6, 6.07) is 11.3. The molecule has 6 nitrogen and oxygen atoms in total. The summed E-state index contributed by atoms with van der Waals surface area (Å²) in [7, 11) is 0. The van der Waals surface area contributed by atoms with Crippen molar-refractivity contribution in [1.29, 1.82) is 0 Å². The fourth-order valence-corrected chi connectivity index (χ4v) is 5.27. The predicted octanol–water partition coefficient (Wildman–Crippen LogP) is 2.49. The minimum absolute atomic E-state index is 0.0917. The largest absolute Gasteiger partial charge is 0.350 e. The lowest BCUT2D eigenvalue weighted by Crippen LogP contribution is -2.51. The summed E-state index contributed by atoms with van der Waals surface area (Å²) in [5.41, 5.74) is 0.689. The van der Waals surface area contributed by atoms with Crippen LogP contribution in [0.25, 0.3) is 0 Å². The summed E-state index contributed by atoms with van der Waals surface area (Å²) in [6.45, 7) is 1.74. The highest BCUT2D eigenvalue weighted by Crippen LogP contribution is 2.39. The third-order valence-electron chi connectivity index (χ3n) is 4.87. The molecule has 1 aromatic carbocycles. The molecular formula is C20H21N3O3S2. The summed E-state index contributed by atoms with van der Waals surface area (Å²) in [5.74, 6) is -0.700. The number of thiophene rings is 1. The fraction of sp³-hybridized carbons (Fsp3) is 0.350. The van der Waals surface area contributed by atoms with Gasteiger partial charge in [-0.15, -0.1) is 23.1 Å². The van der Waals surface area contributed by atoms with Gasteiger partial charge in [-0.2, -0.15) is 0 Å². The highest BCUT2D eigenvalue weighted by Gasteiger charge is 2.41. The second-order valence-electron chi connectivity index (χ2n) is 6.78. The molecule has 0 aliphatic carbocycles. The zero-order valence-electron chi connectivity index (χ0n) is 15.3. The third-order valence-corrected chi connectivity index (χ3v) is 6.99. The smallest absolute Gasteiger partial charge is 0.250 e. The Kier molecular flexibility index (Phi) is 5.68. The van der Waals surface area contributed by atoms with E-state index < -0.39 is 5.25 Å². The molecule has 2 aliphatic rings. The molecule has 0 spiro atoms.